The molecular weight excluding hydrogens is 296 g/mol. The van der Waals surface area contributed by atoms with E-state index >= 15 is 0 Å². The molecule has 1 aromatic carbocycles. The second-order valence-corrected chi connectivity index (χ2v) is 6.51. The molecule has 2 rings (SSSR count). The lowest BCUT2D eigenvalue weighted by Crippen LogP contribution is -2.45. The Kier molecular flexibility index (Phi) is 5.91. The summed E-state index contributed by atoms with van der Waals surface area (Å²) >= 11 is 1.29. The number of nitrogens with zero attached hydrogens (tertiary/aromatic N) is 1. The Morgan fingerprint density at radius 3 is 2.73 bits per heavy atom. The number of ether oxygens (including phenoxy) is 1. The van der Waals surface area contributed by atoms with Crippen molar-refractivity contribution in [2.45, 2.75) is 37.0 Å². The van der Waals surface area contributed by atoms with Crippen LogP contribution in [0.25, 0.3) is 0 Å². The van der Waals surface area contributed by atoms with Crippen LogP contribution < -0.4 is 10.1 Å². The fraction of sp³-hybridized carbons (Fsp3) is 0.412. The van der Waals surface area contributed by atoms with Crippen molar-refractivity contribution in [1.29, 1.82) is 5.26 Å². The molecule has 0 bridgehead atoms. The van der Waals surface area contributed by atoms with Crippen molar-refractivity contribution < 1.29 is 9.53 Å². The van der Waals surface area contributed by atoms with Crippen molar-refractivity contribution in [3.05, 3.63) is 42.0 Å². The molecule has 1 aliphatic rings. The number of carbonyl (C=O) groups excluding carboxylic acids is 1. The third kappa shape index (κ3) is 4.54. The summed E-state index contributed by atoms with van der Waals surface area (Å²) in [5, 5.41) is 14.0. The molecule has 4 nitrogen and oxygen atoms in total. The molecule has 1 fully saturated rings. The zero-order valence-corrected chi connectivity index (χ0v) is 13.5. The van der Waals surface area contributed by atoms with Gasteiger partial charge in [0.1, 0.15) is 11.2 Å². The zero-order chi connectivity index (χ0) is 15.9. The summed E-state index contributed by atoms with van der Waals surface area (Å²) < 4.78 is 5.12. The summed E-state index contributed by atoms with van der Waals surface area (Å²) in [4.78, 5) is 12.0. The fourth-order valence-corrected chi connectivity index (χ4v) is 3.15. The van der Waals surface area contributed by atoms with Crippen LogP contribution in [0, 0.1) is 10.7 Å². The van der Waals surface area contributed by atoms with Gasteiger partial charge in [-0.1, -0.05) is 18.7 Å². The highest BCUT2D eigenvalue weighted by molar-refractivity contribution is 8.04. The van der Waals surface area contributed by atoms with Crippen LogP contribution in [-0.2, 0) is 11.2 Å². The lowest BCUT2D eigenvalue weighted by atomic mass is 9.92. The van der Waals surface area contributed by atoms with Gasteiger partial charge in [-0.2, -0.15) is 5.26 Å². The first kappa shape index (κ1) is 16.4. The van der Waals surface area contributed by atoms with Gasteiger partial charge in [0.15, 0.2) is 0 Å². The number of rotatable bonds is 7. The second kappa shape index (κ2) is 7.90. The van der Waals surface area contributed by atoms with Crippen LogP contribution in [0.3, 0.4) is 0 Å². The SMILES string of the molecule is C=C(CCc1ccc(OC)cc1)C(=O)NC1CC(SC#N)C1. The molecule has 0 unspecified atom stereocenters. The number of hydrogen-bond donors (Lipinski definition) is 1. The van der Waals surface area contributed by atoms with Crippen molar-refractivity contribution in [3.63, 3.8) is 0 Å². The first-order chi connectivity index (χ1) is 10.6. The van der Waals surface area contributed by atoms with Crippen LogP contribution in [0.4, 0.5) is 0 Å². The van der Waals surface area contributed by atoms with Gasteiger partial charge in [-0.15, -0.1) is 0 Å². The molecule has 1 aromatic rings. The molecule has 0 aliphatic heterocycles. The van der Waals surface area contributed by atoms with Gasteiger partial charge in [0.05, 0.1) is 7.11 Å². The average molecular weight is 316 g/mol. The Labute approximate surface area is 135 Å². The number of methoxy groups -OCH3 is 1. The maximum Gasteiger partial charge on any atom is 0.246 e. The van der Waals surface area contributed by atoms with Gasteiger partial charge in [0.25, 0.3) is 0 Å². The summed E-state index contributed by atoms with van der Waals surface area (Å²) in [5.41, 5.74) is 1.76. The van der Waals surface area contributed by atoms with Gasteiger partial charge < -0.3 is 10.1 Å². The van der Waals surface area contributed by atoms with E-state index in [1.54, 1.807) is 7.11 Å². The van der Waals surface area contributed by atoms with Crippen molar-refractivity contribution in [1.82, 2.24) is 5.32 Å². The van der Waals surface area contributed by atoms with Crippen LogP contribution >= 0.6 is 11.8 Å². The Morgan fingerprint density at radius 1 is 1.45 bits per heavy atom. The summed E-state index contributed by atoms with van der Waals surface area (Å²) in [6.07, 6.45) is 3.17. The highest BCUT2D eigenvalue weighted by Crippen LogP contribution is 2.31. The Balaban J connectivity index is 1.70. The minimum absolute atomic E-state index is 0.0704. The molecule has 0 radical (unpaired) electrons. The van der Waals surface area contributed by atoms with Crippen molar-refractivity contribution in [3.8, 4) is 11.2 Å². The average Bonchev–Trinajstić information content (AvgIpc) is 2.50. The maximum atomic E-state index is 12.0. The number of aryl methyl sites for hydroxylation is 1. The van der Waals surface area contributed by atoms with E-state index < -0.39 is 0 Å². The molecule has 0 aromatic heterocycles. The topological polar surface area (TPSA) is 62.1 Å². The number of nitriles is 1. The largest absolute Gasteiger partial charge is 0.497 e. The summed E-state index contributed by atoms with van der Waals surface area (Å²) in [7, 11) is 1.64. The number of benzene rings is 1. The number of thiocyanates is 1. The lowest BCUT2D eigenvalue weighted by molar-refractivity contribution is -0.118. The molecule has 1 aliphatic carbocycles. The predicted molar refractivity (Wildman–Crippen MR) is 88.6 cm³/mol. The molecule has 116 valence electrons. The quantitative estimate of drug-likeness (QED) is 0.620. The molecule has 1 saturated carbocycles. The number of amides is 1. The van der Waals surface area contributed by atoms with E-state index in [0.717, 1.165) is 30.6 Å². The smallest absolute Gasteiger partial charge is 0.246 e. The summed E-state index contributed by atoms with van der Waals surface area (Å²) in [6, 6.07) is 8.02. The molecular formula is C17H20N2O2S. The normalized spacial score (nSPS) is 19.6. The number of hydrogen-bond acceptors (Lipinski definition) is 4. The number of thioether (sulfide) groups is 1. The molecule has 22 heavy (non-hydrogen) atoms. The van der Waals surface area contributed by atoms with Crippen LogP contribution in [0.5, 0.6) is 5.75 Å². The molecule has 1 amide bonds. The van der Waals surface area contributed by atoms with Crippen molar-refractivity contribution >= 4 is 17.7 Å². The van der Waals surface area contributed by atoms with Gasteiger partial charge >= 0.3 is 0 Å². The molecule has 0 saturated heterocycles. The highest BCUT2D eigenvalue weighted by atomic mass is 32.2. The van der Waals surface area contributed by atoms with Gasteiger partial charge in [-0.3, -0.25) is 4.79 Å². The third-order valence-electron chi connectivity index (χ3n) is 3.85. The second-order valence-electron chi connectivity index (χ2n) is 5.42. The van der Waals surface area contributed by atoms with E-state index in [4.69, 9.17) is 10.00 Å². The van der Waals surface area contributed by atoms with E-state index in [9.17, 15) is 4.79 Å². The van der Waals surface area contributed by atoms with Gasteiger partial charge in [0.2, 0.25) is 5.91 Å². The first-order valence-electron chi connectivity index (χ1n) is 7.28. The van der Waals surface area contributed by atoms with Crippen LogP contribution in [0.15, 0.2) is 36.4 Å². The van der Waals surface area contributed by atoms with E-state index in [1.807, 2.05) is 24.3 Å². The summed E-state index contributed by atoms with van der Waals surface area (Å²) in [5.74, 6) is 0.758. The highest BCUT2D eigenvalue weighted by Gasteiger charge is 2.31. The van der Waals surface area contributed by atoms with E-state index in [0.29, 0.717) is 17.2 Å². The third-order valence-corrected chi connectivity index (χ3v) is 4.67. The van der Waals surface area contributed by atoms with Crippen LogP contribution in [-0.4, -0.2) is 24.3 Å². The predicted octanol–water partition coefficient (Wildman–Crippen LogP) is 3.05. The Morgan fingerprint density at radius 2 is 2.14 bits per heavy atom. The maximum absolute atomic E-state index is 12.0. The van der Waals surface area contributed by atoms with Crippen molar-refractivity contribution in [2.24, 2.45) is 0 Å². The molecule has 5 heteroatoms. The molecule has 0 heterocycles. The monoisotopic (exact) mass is 316 g/mol. The van der Waals surface area contributed by atoms with E-state index in [1.165, 1.54) is 11.8 Å². The number of nitrogens with one attached hydrogen (secondary N) is 1. The minimum Gasteiger partial charge on any atom is -0.497 e. The zero-order valence-electron chi connectivity index (χ0n) is 12.7. The van der Waals surface area contributed by atoms with Crippen LogP contribution in [0.2, 0.25) is 0 Å². The fourth-order valence-electron chi connectivity index (χ4n) is 2.34. The van der Waals surface area contributed by atoms with E-state index in [-0.39, 0.29) is 11.9 Å². The molecule has 0 spiro atoms. The van der Waals surface area contributed by atoms with Crippen molar-refractivity contribution in [2.75, 3.05) is 7.11 Å². The van der Waals surface area contributed by atoms with E-state index in [2.05, 4.69) is 17.3 Å². The standard InChI is InChI=1S/C17H20N2O2S/c1-12(3-4-13-5-7-15(21-2)8-6-13)17(20)19-14-9-16(10-14)22-11-18/h5-8,14,16H,1,3-4,9-10H2,2H3,(H,19,20). The number of carbonyl (C=O) groups is 1. The van der Waals surface area contributed by atoms with Crippen LogP contribution in [0.1, 0.15) is 24.8 Å². The first-order valence-corrected chi connectivity index (χ1v) is 8.16. The Bertz CT molecular complexity index is 571. The van der Waals surface area contributed by atoms with Gasteiger partial charge in [0, 0.05) is 16.9 Å². The molecule has 1 N–H and O–H groups in total. The Hall–Kier alpha value is -1.93. The summed E-state index contributed by atoms with van der Waals surface area (Å²) in [6.45, 7) is 3.88. The van der Waals surface area contributed by atoms with Gasteiger partial charge in [-0.05, 0) is 55.1 Å². The molecule has 0 atom stereocenters. The minimum atomic E-state index is -0.0704. The van der Waals surface area contributed by atoms with Gasteiger partial charge in [-0.25, -0.2) is 0 Å². The lowest BCUT2D eigenvalue weighted by Gasteiger charge is -2.33.